The standard InChI is InChI=1S/C12H20N2O2/c1-9(15)11-8-16-12(13-11)6-10-4-3-5-14(2)7-10/h8-10,15H,3-7H2,1-2H3. The summed E-state index contributed by atoms with van der Waals surface area (Å²) in [4.78, 5) is 6.65. The third-order valence-electron chi connectivity index (χ3n) is 3.18. The fraction of sp³-hybridized carbons (Fsp3) is 0.750. The SMILES string of the molecule is CC(O)c1coc(CC2CCCN(C)C2)n1. The van der Waals surface area contributed by atoms with Crippen molar-refractivity contribution < 1.29 is 9.52 Å². The van der Waals surface area contributed by atoms with Crippen LogP contribution in [0, 0.1) is 5.92 Å². The van der Waals surface area contributed by atoms with Crippen LogP contribution >= 0.6 is 0 Å². The normalized spacial score (nSPS) is 24.6. The molecule has 0 bridgehead atoms. The summed E-state index contributed by atoms with van der Waals surface area (Å²) in [5.41, 5.74) is 0.638. The maximum Gasteiger partial charge on any atom is 0.194 e. The molecule has 1 fully saturated rings. The Morgan fingerprint density at radius 2 is 2.50 bits per heavy atom. The van der Waals surface area contributed by atoms with Crippen LogP contribution < -0.4 is 0 Å². The molecule has 4 heteroatoms. The van der Waals surface area contributed by atoms with Crippen molar-refractivity contribution in [1.29, 1.82) is 0 Å². The number of hydrogen-bond donors (Lipinski definition) is 1. The Balaban J connectivity index is 1.92. The van der Waals surface area contributed by atoms with Gasteiger partial charge in [-0.3, -0.25) is 0 Å². The van der Waals surface area contributed by atoms with E-state index >= 15 is 0 Å². The Morgan fingerprint density at radius 3 is 3.12 bits per heavy atom. The van der Waals surface area contributed by atoms with E-state index in [0.717, 1.165) is 18.9 Å². The zero-order valence-electron chi connectivity index (χ0n) is 10.0. The minimum absolute atomic E-state index is 0.536. The minimum atomic E-state index is -0.536. The lowest BCUT2D eigenvalue weighted by atomic mass is 9.95. The van der Waals surface area contributed by atoms with Gasteiger partial charge in [0.1, 0.15) is 12.0 Å². The first-order valence-electron chi connectivity index (χ1n) is 5.96. The molecule has 1 aliphatic heterocycles. The summed E-state index contributed by atoms with van der Waals surface area (Å²) in [7, 11) is 2.16. The van der Waals surface area contributed by atoms with Crippen LogP contribution in [0.25, 0.3) is 0 Å². The summed E-state index contributed by atoms with van der Waals surface area (Å²) in [5.74, 6) is 1.40. The number of hydrogen-bond acceptors (Lipinski definition) is 4. The van der Waals surface area contributed by atoms with Crippen molar-refractivity contribution in [2.24, 2.45) is 5.92 Å². The number of likely N-dealkylation sites (tertiary alicyclic amines) is 1. The van der Waals surface area contributed by atoms with Crippen molar-refractivity contribution >= 4 is 0 Å². The van der Waals surface area contributed by atoms with Crippen molar-refractivity contribution in [3.63, 3.8) is 0 Å². The molecule has 2 heterocycles. The molecule has 0 amide bonds. The molecule has 1 N–H and O–H groups in total. The Morgan fingerprint density at radius 1 is 1.69 bits per heavy atom. The van der Waals surface area contributed by atoms with Crippen molar-refractivity contribution in [3.8, 4) is 0 Å². The molecule has 4 nitrogen and oxygen atoms in total. The first kappa shape index (κ1) is 11.6. The topological polar surface area (TPSA) is 49.5 Å². The van der Waals surface area contributed by atoms with E-state index in [1.54, 1.807) is 13.2 Å². The Hall–Kier alpha value is -0.870. The molecule has 2 atom stereocenters. The Kier molecular flexibility index (Phi) is 3.61. The largest absolute Gasteiger partial charge is 0.449 e. The van der Waals surface area contributed by atoms with Gasteiger partial charge in [0.05, 0.1) is 6.10 Å². The van der Waals surface area contributed by atoms with Crippen LogP contribution in [0.1, 0.15) is 37.5 Å². The summed E-state index contributed by atoms with van der Waals surface area (Å²) in [6.07, 6.45) is 4.41. The summed E-state index contributed by atoms with van der Waals surface area (Å²) in [5, 5.41) is 9.35. The molecule has 1 saturated heterocycles. The van der Waals surface area contributed by atoms with Crippen molar-refractivity contribution in [3.05, 3.63) is 17.8 Å². The van der Waals surface area contributed by atoms with E-state index in [2.05, 4.69) is 16.9 Å². The van der Waals surface area contributed by atoms with Crippen LogP contribution in [0.4, 0.5) is 0 Å². The van der Waals surface area contributed by atoms with Gasteiger partial charge in [-0.15, -0.1) is 0 Å². The molecule has 0 spiro atoms. The molecule has 0 radical (unpaired) electrons. The molecule has 1 aromatic rings. The lowest BCUT2D eigenvalue weighted by molar-refractivity contribution is 0.194. The quantitative estimate of drug-likeness (QED) is 0.847. The molecule has 0 aliphatic carbocycles. The zero-order valence-corrected chi connectivity index (χ0v) is 10.0. The lowest BCUT2D eigenvalue weighted by Crippen LogP contribution is -2.33. The maximum atomic E-state index is 9.35. The fourth-order valence-electron chi connectivity index (χ4n) is 2.30. The van der Waals surface area contributed by atoms with Gasteiger partial charge in [-0.25, -0.2) is 4.98 Å². The number of piperidine rings is 1. The van der Waals surface area contributed by atoms with E-state index in [9.17, 15) is 5.11 Å². The highest BCUT2D eigenvalue weighted by atomic mass is 16.3. The molecular weight excluding hydrogens is 204 g/mol. The number of aliphatic hydroxyl groups is 1. The Bertz CT molecular complexity index is 336. The summed E-state index contributed by atoms with van der Waals surface area (Å²) in [6.45, 7) is 4.02. The highest BCUT2D eigenvalue weighted by molar-refractivity contribution is 5.00. The number of nitrogens with zero attached hydrogens (tertiary/aromatic N) is 2. The molecule has 2 unspecified atom stereocenters. The van der Waals surface area contributed by atoms with Crippen molar-refractivity contribution in [2.75, 3.05) is 20.1 Å². The van der Waals surface area contributed by atoms with Gasteiger partial charge in [-0.05, 0) is 39.3 Å². The fourth-order valence-corrected chi connectivity index (χ4v) is 2.30. The Labute approximate surface area is 96.3 Å². The number of aromatic nitrogens is 1. The van der Waals surface area contributed by atoms with E-state index < -0.39 is 6.10 Å². The van der Waals surface area contributed by atoms with Gasteiger partial charge >= 0.3 is 0 Å². The average molecular weight is 224 g/mol. The first-order chi connectivity index (χ1) is 7.65. The van der Waals surface area contributed by atoms with Crippen molar-refractivity contribution in [1.82, 2.24) is 9.88 Å². The average Bonchev–Trinajstić information content (AvgIpc) is 2.66. The van der Waals surface area contributed by atoms with Gasteiger partial charge < -0.3 is 14.4 Å². The van der Waals surface area contributed by atoms with Crippen LogP contribution in [0.2, 0.25) is 0 Å². The molecule has 0 saturated carbocycles. The molecule has 90 valence electrons. The van der Waals surface area contributed by atoms with Crippen LogP contribution in [0.15, 0.2) is 10.7 Å². The molecule has 16 heavy (non-hydrogen) atoms. The molecule has 1 aromatic heterocycles. The molecular formula is C12H20N2O2. The minimum Gasteiger partial charge on any atom is -0.449 e. The molecule has 2 rings (SSSR count). The summed E-state index contributed by atoms with van der Waals surface area (Å²) >= 11 is 0. The third kappa shape index (κ3) is 2.83. The predicted octanol–water partition coefficient (Wildman–Crippen LogP) is 1.61. The number of oxazole rings is 1. The van der Waals surface area contributed by atoms with Gasteiger partial charge in [-0.1, -0.05) is 0 Å². The van der Waals surface area contributed by atoms with Crippen molar-refractivity contribution in [2.45, 2.75) is 32.3 Å². The van der Waals surface area contributed by atoms with Crippen LogP contribution in [0.5, 0.6) is 0 Å². The molecule has 1 aliphatic rings. The highest BCUT2D eigenvalue weighted by Gasteiger charge is 2.20. The molecule has 0 aromatic carbocycles. The van der Waals surface area contributed by atoms with E-state index in [4.69, 9.17) is 4.42 Å². The summed E-state index contributed by atoms with van der Waals surface area (Å²) < 4.78 is 5.37. The smallest absolute Gasteiger partial charge is 0.194 e. The van der Waals surface area contributed by atoms with E-state index in [1.165, 1.54) is 19.4 Å². The third-order valence-corrected chi connectivity index (χ3v) is 3.18. The lowest BCUT2D eigenvalue weighted by Gasteiger charge is -2.28. The van der Waals surface area contributed by atoms with E-state index in [0.29, 0.717) is 11.6 Å². The number of rotatable bonds is 3. The second kappa shape index (κ2) is 4.97. The number of aliphatic hydroxyl groups excluding tert-OH is 1. The second-order valence-electron chi connectivity index (χ2n) is 4.82. The zero-order chi connectivity index (χ0) is 11.5. The first-order valence-corrected chi connectivity index (χ1v) is 5.96. The predicted molar refractivity (Wildman–Crippen MR) is 61.1 cm³/mol. The van der Waals surface area contributed by atoms with Gasteiger partial charge in [0.25, 0.3) is 0 Å². The van der Waals surface area contributed by atoms with Gasteiger partial charge in [0.15, 0.2) is 5.89 Å². The maximum absolute atomic E-state index is 9.35. The van der Waals surface area contributed by atoms with Gasteiger partial charge in [-0.2, -0.15) is 0 Å². The van der Waals surface area contributed by atoms with Gasteiger partial charge in [0, 0.05) is 13.0 Å². The van der Waals surface area contributed by atoms with Crippen LogP contribution in [0.3, 0.4) is 0 Å². The van der Waals surface area contributed by atoms with Gasteiger partial charge in [0.2, 0.25) is 0 Å². The second-order valence-corrected chi connectivity index (χ2v) is 4.82. The summed E-state index contributed by atoms with van der Waals surface area (Å²) in [6, 6.07) is 0. The van der Waals surface area contributed by atoms with Crippen LogP contribution in [-0.4, -0.2) is 35.1 Å². The van der Waals surface area contributed by atoms with E-state index in [1.807, 2.05) is 0 Å². The highest BCUT2D eigenvalue weighted by Crippen LogP contribution is 2.20. The monoisotopic (exact) mass is 224 g/mol. The van der Waals surface area contributed by atoms with Crippen LogP contribution in [-0.2, 0) is 6.42 Å². The van der Waals surface area contributed by atoms with E-state index in [-0.39, 0.29) is 0 Å².